The summed E-state index contributed by atoms with van der Waals surface area (Å²) in [5.74, 6) is 1.18. The minimum atomic E-state index is 0.443. The van der Waals surface area contributed by atoms with Crippen LogP contribution in [0.5, 0.6) is 0 Å². The number of ketones is 1. The summed E-state index contributed by atoms with van der Waals surface area (Å²) >= 11 is 0. The Bertz CT molecular complexity index is 165. The lowest BCUT2D eigenvalue weighted by molar-refractivity contribution is -0.123. The molecule has 0 amide bonds. The van der Waals surface area contributed by atoms with Gasteiger partial charge in [0.1, 0.15) is 5.78 Å². The van der Waals surface area contributed by atoms with Crippen LogP contribution in [0.4, 0.5) is 0 Å². The highest BCUT2D eigenvalue weighted by molar-refractivity contribution is 5.79. The van der Waals surface area contributed by atoms with Crippen molar-refractivity contribution in [2.24, 2.45) is 5.92 Å². The van der Waals surface area contributed by atoms with Crippen LogP contribution >= 0.6 is 0 Å². The minimum absolute atomic E-state index is 0.443. The van der Waals surface area contributed by atoms with Gasteiger partial charge in [0.15, 0.2) is 0 Å². The van der Waals surface area contributed by atoms with Crippen molar-refractivity contribution in [2.45, 2.75) is 38.6 Å². The molecule has 0 saturated heterocycles. The van der Waals surface area contributed by atoms with Gasteiger partial charge in [-0.05, 0) is 26.4 Å². The Hall–Kier alpha value is -0.370. The van der Waals surface area contributed by atoms with Crippen LogP contribution in [0.3, 0.4) is 0 Å². The lowest BCUT2D eigenvalue weighted by Crippen LogP contribution is -2.40. The summed E-state index contributed by atoms with van der Waals surface area (Å²) in [4.78, 5) is 13.4. The third kappa shape index (κ3) is 2.07. The molecular formula is C10H19NO. The van der Waals surface area contributed by atoms with E-state index in [2.05, 4.69) is 25.9 Å². The van der Waals surface area contributed by atoms with Gasteiger partial charge >= 0.3 is 0 Å². The molecule has 0 radical (unpaired) electrons. The molecule has 1 aliphatic carbocycles. The van der Waals surface area contributed by atoms with E-state index in [0.717, 1.165) is 25.2 Å². The molecular weight excluding hydrogens is 150 g/mol. The van der Waals surface area contributed by atoms with Gasteiger partial charge < -0.3 is 4.90 Å². The molecule has 2 atom stereocenters. The second-order valence-electron chi connectivity index (χ2n) is 3.98. The largest absolute Gasteiger partial charge is 0.306 e. The highest BCUT2D eigenvalue weighted by atomic mass is 16.1. The first-order chi connectivity index (χ1) is 5.65. The Labute approximate surface area is 74.9 Å². The van der Waals surface area contributed by atoms with Crippen LogP contribution in [-0.2, 0) is 4.79 Å². The standard InChI is InChI=1S/C10H19NO/c1-4-8-5-6-9(12)7-10(8)11(2)3/h8,10H,4-7H2,1-3H3. The number of carbonyl (C=O) groups is 1. The molecule has 0 spiro atoms. The van der Waals surface area contributed by atoms with Gasteiger partial charge in [-0.3, -0.25) is 4.79 Å². The summed E-state index contributed by atoms with van der Waals surface area (Å²) in [6, 6.07) is 0.497. The van der Waals surface area contributed by atoms with Crippen molar-refractivity contribution in [3.05, 3.63) is 0 Å². The van der Waals surface area contributed by atoms with Crippen molar-refractivity contribution in [2.75, 3.05) is 14.1 Å². The lowest BCUT2D eigenvalue weighted by Gasteiger charge is -2.34. The van der Waals surface area contributed by atoms with Crippen LogP contribution in [-0.4, -0.2) is 30.8 Å². The minimum Gasteiger partial charge on any atom is -0.306 e. The van der Waals surface area contributed by atoms with Gasteiger partial charge in [-0.25, -0.2) is 0 Å². The van der Waals surface area contributed by atoms with Crippen molar-refractivity contribution in [1.82, 2.24) is 4.90 Å². The van der Waals surface area contributed by atoms with E-state index in [1.807, 2.05) is 0 Å². The first kappa shape index (κ1) is 9.72. The molecule has 0 aromatic carbocycles. The van der Waals surface area contributed by atoms with Gasteiger partial charge in [0.2, 0.25) is 0 Å². The number of hydrogen-bond donors (Lipinski definition) is 0. The Morgan fingerprint density at radius 3 is 2.67 bits per heavy atom. The highest BCUT2D eigenvalue weighted by Crippen LogP contribution is 2.27. The van der Waals surface area contributed by atoms with E-state index in [1.165, 1.54) is 6.42 Å². The van der Waals surface area contributed by atoms with E-state index in [9.17, 15) is 4.79 Å². The summed E-state index contributed by atoms with van der Waals surface area (Å²) in [6.45, 7) is 2.22. The molecule has 1 aliphatic rings. The third-order valence-electron chi connectivity index (χ3n) is 2.96. The summed E-state index contributed by atoms with van der Waals surface area (Å²) in [5, 5.41) is 0. The molecule has 12 heavy (non-hydrogen) atoms. The van der Waals surface area contributed by atoms with Crippen molar-refractivity contribution in [3.63, 3.8) is 0 Å². The molecule has 2 unspecified atom stereocenters. The summed E-state index contributed by atoms with van der Waals surface area (Å²) in [7, 11) is 4.15. The molecule has 1 fully saturated rings. The molecule has 0 aromatic rings. The topological polar surface area (TPSA) is 20.3 Å². The summed E-state index contributed by atoms with van der Waals surface area (Å²) < 4.78 is 0. The first-order valence-corrected chi connectivity index (χ1v) is 4.83. The second kappa shape index (κ2) is 4.04. The van der Waals surface area contributed by atoms with Gasteiger partial charge in [-0.15, -0.1) is 0 Å². The number of nitrogens with zero attached hydrogens (tertiary/aromatic N) is 1. The van der Waals surface area contributed by atoms with Crippen LogP contribution in [0.1, 0.15) is 32.6 Å². The average Bonchev–Trinajstić information content (AvgIpc) is 2.04. The second-order valence-corrected chi connectivity index (χ2v) is 3.98. The fourth-order valence-corrected chi connectivity index (χ4v) is 2.12. The van der Waals surface area contributed by atoms with E-state index in [-0.39, 0.29) is 0 Å². The molecule has 0 bridgehead atoms. The number of Topliss-reactive ketones (excluding diaryl/α,β-unsaturated/α-hetero) is 1. The van der Waals surface area contributed by atoms with Crippen molar-refractivity contribution < 1.29 is 4.79 Å². The lowest BCUT2D eigenvalue weighted by atomic mass is 9.81. The highest BCUT2D eigenvalue weighted by Gasteiger charge is 2.29. The van der Waals surface area contributed by atoms with Crippen LogP contribution in [0.25, 0.3) is 0 Å². The van der Waals surface area contributed by atoms with E-state index in [4.69, 9.17) is 0 Å². The zero-order valence-corrected chi connectivity index (χ0v) is 8.34. The van der Waals surface area contributed by atoms with Crippen LogP contribution in [0.2, 0.25) is 0 Å². The van der Waals surface area contributed by atoms with E-state index in [0.29, 0.717) is 11.8 Å². The average molecular weight is 169 g/mol. The van der Waals surface area contributed by atoms with Crippen LogP contribution in [0, 0.1) is 5.92 Å². The number of hydrogen-bond acceptors (Lipinski definition) is 2. The fraction of sp³-hybridized carbons (Fsp3) is 0.900. The zero-order chi connectivity index (χ0) is 9.14. The molecule has 1 rings (SSSR count). The van der Waals surface area contributed by atoms with Gasteiger partial charge in [-0.2, -0.15) is 0 Å². The molecule has 0 heterocycles. The maximum atomic E-state index is 11.2. The van der Waals surface area contributed by atoms with Gasteiger partial charge in [-0.1, -0.05) is 13.3 Å². The maximum absolute atomic E-state index is 11.2. The first-order valence-electron chi connectivity index (χ1n) is 4.83. The number of rotatable bonds is 2. The van der Waals surface area contributed by atoms with E-state index < -0.39 is 0 Å². The SMILES string of the molecule is CCC1CCC(=O)CC1N(C)C. The third-order valence-corrected chi connectivity index (χ3v) is 2.96. The van der Waals surface area contributed by atoms with Gasteiger partial charge in [0, 0.05) is 18.9 Å². The Morgan fingerprint density at radius 2 is 2.17 bits per heavy atom. The summed E-state index contributed by atoms with van der Waals surface area (Å²) in [6.07, 6.45) is 3.88. The van der Waals surface area contributed by atoms with Gasteiger partial charge in [0.05, 0.1) is 0 Å². The predicted molar refractivity (Wildman–Crippen MR) is 50.1 cm³/mol. The normalized spacial score (nSPS) is 31.2. The predicted octanol–water partition coefficient (Wildman–Crippen LogP) is 1.70. The molecule has 0 aromatic heterocycles. The van der Waals surface area contributed by atoms with Crippen LogP contribution in [0.15, 0.2) is 0 Å². The Balaban J connectivity index is 2.57. The molecule has 0 N–H and O–H groups in total. The smallest absolute Gasteiger partial charge is 0.134 e. The Kier molecular flexibility index (Phi) is 3.27. The quantitative estimate of drug-likeness (QED) is 0.627. The molecule has 2 nitrogen and oxygen atoms in total. The Morgan fingerprint density at radius 1 is 1.50 bits per heavy atom. The molecule has 1 saturated carbocycles. The van der Waals surface area contributed by atoms with Gasteiger partial charge in [0.25, 0.3) is 0 Å². The van der Waals surface area contributed by atoms with E-state index >= 15 is 0 Å². The van der Waals surface area contributed by atoms with Crippen molar-refractivity contribution in [1.29, 1.82) is 0 Å². The molecule has 2 heteroatoms. The fourth-order valence-electron chi connectivity index (χ4n) is 2.12. The van der Waals surface area contributed by atoms with Crippen LogP contribution < -0.4 is 0 Å². The number of carbonyl (C=O) groups excluding carboxylic acids is 1. The monoisotopic (exact) mass is 169 g/mol. The van der Waals surface area contributed by atoms with Crippen molar-refractivity contribution >= 4 is 5.78 Å². The van der Waals surface area contributed by atoms with E-state index in [1.54, 1.807) is 0 Å². The zero-order valence-electron chi connectivity index (χ0n) is 8.34. The summed E-state index contributed by atoms with van der Waals surface area (Å²) in [5.41, 5.74) is 0. The molecule has 70 valence electrons. The molecule has 0 aliphatic heterocycles. The maximum Gasteiger partial charge on any atom is 0.134 e. The van der Waals surface area contributed by atoms with Crippen molar-refractivity contribution in [3.8, 4) is 0 Å².